The summed E-state index contributed by atoms with van der Waals surface area (Å²) in [4.78, 5) is 64.5. The van der Waals surface area contributed by atoms with E-state index in [1.807, 2.05) is 6.92 Å². The van der Waals surface area contributed by atoms with Gasteiger partial charge in [-0.1, -0.05) is 59.6 Å². The SMILES string of the molecule is CCNC(=O)N(CC)C(=O)Nc1ccn(Cc2ccccc2Cl)c(=O)c1NC(=O)N[C@@H](CC(=O)O)c1ccc(C)cc1. The van der Waals surface area contributed by atoms with E-state index in [0.29, 0.717) is 22.7 Å². The number of hydrogen-bond acceptors (Lipinski definition) is 5. The highest BCUT2D eigenvalue weighted by atomic mass is 35.5. The van der Waals surface area contributed by atoms with Gasteiger partial charge in [0, 0.05) is 24.3 Å². The first-order valence-corrected chi connectivity index (χ1v) is 13.6. The van der Waals surface area contributed by atoms with Crippen LogP contribution in [0.4, 0.5) is 25.8 Å². The summed E-state index contributed by atoms with van der Waals surface area (Å²) in [5.41, 5.74) is 1.12. The second-order valence-corrected chi connectivity index (χ2v) is 9.71. The summed E-state index contributed by atoms with van der Waals surface area (Å²) in [6.07, 6.45) is 1.01. The minimum atomic E-state index is -1.14. The number of anilines is 2. The van der Waals surface area contributed by atoms with E-state index < -0.39 is 42.1 Å². The molecule has 0 aliphatic rings. The Morgan fingerprint density at radius 1 is 0.976 bits per heavy atom. The zero-order chi connectivity index (χ0) is 30.8. The summed E-state index contributed by atoms with van der Waals surface area (Å²) in [6.45, 7) is 5.59. The van der Waals surface area contributed by atoms with Gasteiger partial charge >= 0.3 is 24.1 Å². The van der Waals surface area contributed by atoms with Gasteiger partial charge in [0.25, 0.3) is 5.56 Å². The number of hydrogen-bond donors (Lipinski definition) is 5. The van der Waals surface area contributed by atoms with Gasteiger partial charge in [-0.05, 0) is 44.0 Å². The van der Waals surface area contributed by atoms with E-state index in [2.05, 4.69) is 21.3 Å². The zero-order valence-electron chi connectivity index (χ0n) is 23.4. The average Bonchev–Trinajstić information content (AvgIpc) is 2.93. The van der Waals surface area contributed by atoms with Crippen LogP contribution in [0.25, 0.3) is 0 Å². The van der Waals surface area contributed by atoms with Gasteiger partial charge in [-0.3, -0.25) is 9.59 Å². The number of halogens is 1. The molecule has 0 saturated heterocycles. The van der Waals surface area contributed by atoms with Gasteiger partial charge in [0.1, 0.15) is 5.69 Å². The molecule has 1 heterocycles. The molecule has 2 aromatic carbocycles. The Morgan fingerprint density at radius 2 is 1.67 bits per heavy atom. The highest BCUT2D eigenvalue weighted by Gasteiger charge is 2.24. The second-order valence-electron chi connectivity index (χ2n) is 9.30. The van der Waals surface area contributed by atoms with Crippen LogP contribution in [-0.4, -0.2) is 51.7 Å². The predicted molar refractivity (Wildman–Crippen MR) is 160 cm³/mol. The van der Waals surface area contributed by atoms with Gasteiger partial charge in [0.05, 0.1) is 24.7 Å². The largest absolute Gasteiger partial charge is 0.481 e. The Labute approximate surface area is 247 Å². The predicted octanol–water partition coefficient (Wildman–Crippen LogP) is 4.78. The molecule has 1 atom stereocenters. The lowest BCUT2D eigenvalue weighted by Crippen LogP contribution is -2.46. The van der Waals surface area contributed by atoms with E-state index in [-0.39, 0.29) is 24.5 Å². The maximum absolute atomic E-state index is 13.6. The van der Waals surface area contributed by atoms with E-state index in [1.54, 1.807) is 62.4 Å². The molecular weight excluding hydrogens is 564 g/mol. The van der Waals surface area contributed by atoms with E-state index >= 15 is 0 Å². The lowest BCUT2D eigenvalue weighted by atomic mass is 10.0. The van der Waals surface area contributed by atoms with Crippen molar-refractivity contribution in [2.24, 2.45) is 0 Å². The Kier molecular flexibility index (Phi) is 11.1. The normalized spacial score (nSPS) is 11.2. The van der Waals surface area contributed by atoms with E-state index in [1.165, 1.54) is 16.8 Å². The topological polar surface area (TPSA) is 162 Å². The van der Waals surface area contributed by atoms with Crippen LogP contribution in [0.1, 0.15) is 43.0 Å². The third-order valence-corrected chi connectivity index (χ3v) is 6.61. The fourth-order valence-corrected chi connectivity index (χ4v) is 4.27. The van der Waals surface area contributed by atoms with E-state index in [9.17, 15) is 29.1 Å². The van der Waals surface area contributed by atoms with Crippen LogP contribution in [0, 0.1) is 6.92 Å². The minimum Gasteiger partial charge on any atom is -0.481 e. The summed E-state index contributed by atoms with van der Waals surface area (Å²) in [5.74, 6) is -1.14. The molecule has 1 aromatic heterocycles. The van der Waals surface area contributed by atoms with Crippen molar-refractivity contribution in [3.05, 3.63) is 92.9 Å². The van der Waals surface area contributed by atoms with Gasteiger partial charge in [-0.25, -0.2) is 19.3 Å². The van der Waals surface area contributed by atoms with Crippen molar-refractivity contribution in [1.82, 2.24) is 20.1 Å². The molecule has 13 heteroatoms. The first kappa shape index (κ1) is 31.7. The number of benzene rings is 2. The number of rotatable bonds is 10. The fourth-order valence-electron chi connectivity index (χ4n) is 4.08. The van der Waals surface area contributed by atoms with Crippen LogP contribution in [0.2, 0.25) is 5.02 Å². The van der Waals surface area contributed by atoms with Crippen molar-refractivity contribution in [2.75, 3.05) is 23.7 Å². The van der Waals surface area contributed by atoms with Crippen LogP contribution >= 0.6 is 11.6 Å². The van der Waals surface area contributed by atoms with Gasteiger partial charge in [0.2, 0.25) is 0 Å². The standard InChI is InChI=1S/C29H33ClN6O6/c1-4-31-28(41)36(5-2)29(42)33-22-14-15-35(17-20-8-6-7-9-21(20)30)26(39)25(22)34-27(40)32-23(16-24(37)38)19-12-10-18(3)11-13-19/h6-15,23H,4-5,16-17H2,1-3H3,(H,31,41)(H,33,42)(H,37,38)(H2,32,34,40)/t23-/m0/s1. The molecule has 12 nitrogen and oxygen atoms in total. The summed E-state index contributed by atoms with van der Waals surface area (Å²) >= 11 is 6.28. The summed E-state index contributed by atoms with van der Waals surface area (Å²) in [5, 5.41) is 20.0. The first-order chi connectivity index (χ1) is 20.0. The number of carboxylic acids is 1. The monoisotopic (exact) mass is 596 g/mol. The average molecular weight is 597 g/mol. The Morgan fingerprint density at radius 3 is 2.29 bits per heavy atom. The van der Waals surface area contributed by atoms with E-state index in [4.69, 9.17) is 11.6 Å². The zero-order valence-corrected chi connectivity index (χ0v) is 24.2. The number of pyridine rings is 1. The van der Waals surface area contributed by atoms with Gasteiger partial charge in [-0.2, -0.15) is 0 Å². The molecule has 0 saturated carbocycles. The fraction of sp³-hybridized carbons (Fsp3) is 0.276. The number of carboxylic acid groups (broad SMARTS) is 1. The van der Waals surface area contributed by atoms with Gasteiger partial charge < -0.3 is 30.9 Å². The molecule has 42 heavy (non-hydrogen) atoms. The number of nitrogens with one attached hydrogen (secondary N) is 4. The number of imide groups is 1. The number of nitrogens with zero attached hydrogens (tertiary/aromatic N) is 2. The van der Waals surface area contributed by atoms with Crippen LogP contribution in [-0.2, 0) is 11.3 Å². The molecule has 0 radical (unpaired) electrons. The third-order valence-electron chi connectivity index (χ3n) is 6.24. The van der Waals surface area contributed by atoms with Crippen molar-refractivity contribution in [3.8, 4) is 0 Å². The molecule has 0 aliphatic carbocycles. The number of aliphatic carboxylic acids is 1. The maximum Gasteiger partial charge on any atom is 0.330 e. The maximum atomic E-state index is 13.6. The van der Waals surface area contributed by atoms with Crippen LogP contribution in [0.3, 0.4) is 0 Å². The summed E-state index contributed by atoms with van der Waals surface area (Å²) in [6, 6.07) is 12.1. The van der Waals surface area contributed by atoms with Crippen LogP contribution in [0.15, 0.2) is 65.6 Å². The minimum absolute atomic E-state index is 0.0396. The van der Waals surface area contributed by atoms with Crippen molar-refractivity contribution in [2.45, 2.75) is 39.8 Å². The lowest BCUT2D eigenvalue weighted by Gasteiger charge is -2.22. The molecule has 0 aliphatic heterocycles. The Balaban J connectivity index is 1.97. The number of amides is 6. The van der Waals surface area contributed by atoms with Crippen molar-refractivity contribution in [1.29, 1.82) is 0 Å². The Bertz CT molecular complexity index is 1510. The summed E-state index contributed by atoms with van der Waals surface area (Å²) < 4.78 is 1.29. The quantitative estimate of drug-likeness (QED) is 0.226. The number of aromatic nitrogens is 1. The molecule has 0 spiro atoms. The number of urea groups is 3. The van der Waals surface area contributed by atoms with Gasteiger partial charge in [0.15, 0.2) is 0 Å². The molecule has 0 bridgehead atoms. The molecule has 3 rings (SSSR count). The lowest BCUT2D eigenvalue weighted by molar-refractivity contribution is -0.137. The van der Waals surface area contributed by atoms with Crippen molar-refractivity contribution in [3.63, 3.8) is 0 Å². The van der Waals surface area contributed by atoms with Crippen molar-refractivity contribution >= 4 is 47.0 Å². The first-order valence-electron chi connectivity index (χ1n) is 13.2. The molecular formula is C29H33ClN6O6. The number of aryl methyl sites for hydroxylation is 1. The molecule has 3 aromatic rings. The highest BCUT2D eigenvalue weighted by Crippen LogP contribution is 2.22. The van der Waals surface area contributed by atoms with Crippen LogP contribution < -0.4 is 26.8 Å². The van der Waals surface area contributed by atoms with Crippen LogP contribution in [0.5, 0.6) is 0 Å². The molecule has 6 amide bonds. The third kappa shape index (κ3) is 8.33. The molecule has 0 unspecified atom stereocenters. The number of carbonyl (C=O) groups is 4. The summed E-state index contributed by atoms with van der Waals surface area (Å²) in [7, 11) is 0. The molecule has 0 fully saturated rings. The highest BCUT2D eigenvalue weighted by molar-refractivity contribution is 6.31. The number of carbonyl (C=O) groups excluding carboxylic acids is 3. The Hall–Kier alpha value is -4.84. The van der Waals surface area contributed by atoms with Gasteiger partial charge in [-0.15, -0.1) is 0 Å². The smallest absolute Gasteiger partial charge is 0.330 e. The molecule has 222 valence electrons. The second kappa shape index (κ2) is 14.7. The van der Waals surface area contributed by atoms with Crippen molar-refractivity contribution < 1.29 is 24.3 Å². The van der Waals surface area contributed by atoms with E-state index in [0.717, 1.165) is 10.5 Å². The molecule has 5 N–H and O–H groups in total.